The first-order chi connectivity index (χ1) is 17.8. The quantitative estimate of drug-likeness (QED) is 0.477. The highest BCUT2D eigenvalue weighted by Gasteiger charge is 2.38. The monoisotopic (exact) mass is 517 g/mol. The van der Waals surface area contributed by atoms with E-state index in [4.69, 9.17) is 4.74 Å². The minimum Gasteiger partial charge on any atom is -0.492 e. The van der Waals surface area contributed by atoms with Crippen molar-refractivity contribution in [3.8, 4) is 5.75 Å². The van der Waals surface area contributed by atoms with Gasteiger partial charge in [-0.2, -0.15) is 17.7 Å². The Kier molecular flexibility index (Phi) is 7.18. The van der Waals surface area contributed by atoms with Crippen LogP contribution in [0.1, 0.15) is 37.1 Å². The number of fused-ring (bicyclic) bond motifs is 1. The smallest absolute Gasteiger partial charge is 0.453 e. The van der Waals surface area contributed by atoms with Gasteiger partial charge in [0.05, 0.1) is 6.54 Å². The molecular formula is C25H30F3N7O2. The van der Waals surface area contributed by atoms with Crippen molar-refractivity contribution in [2.45, 2.75) is 31.9 Å². The van der Waals surface area contributed by atoms with E-state index in [9.17, 15) is 18.0 Å². The minimum absolute atomic E-state index is 0.0702. The van der Waals surface area contributed by atoms with E-state index in [1.54, 1.807) is 6.07 Å². The Hall–Kier alpha value is -3.41. The summed E-state index contributed by atoms with van der Waals surface area (Å²) < 4.78 is 46.2. The molecule has 9 nitrogen and oxygen atoms in total. The van der Waals surface area contributed by atoms with Crippen molar-refractivity contribution in [1.82, 2.24) is 29.6 Å². The number of aromatic nitrogens is 4. The molecule has 1 amide bonds. The first-order valence-corrected chi connectivity index (χ1v) is 12.6. The number of carbonyl (C=O) groups excluding carboxylic acids is 1. The maximum atomic E-state index is 13.2. The molecule has 0 bridgehead atoms. The molecule has 0 N–H and O–H groups in total. The standard InChI is InChI=1S/C25H30F3N7O2/c1-2-33-14-13-32(17-23(33)36)15-16-37-20-5-3-18(4-6-20)19-9-11-34(12-10-19)22-8-7-21-29-30-24(25(26,27)28)35(21)31-22/h3-8,19H,2,9-17H2,1H3. The Labute approximate surface area is 212 Å². The molecule has 1 aromatic carbocycles. The van der Waals surface area contributed by atoms with Crippen molar-refractivity contribution in [1.29, 1.82) is 0 Å². The summed E-state index contributed by atoms with van der Waals surface area (Å²) in [6.45, 7) is 7.45. The van der Waals surface area contributed by atoms with Crippen LogP contribution in [0.2, 0.25) is 0 Å². The summed E-state index contributed by atoms with van der Waals surface area (Å²) in [7, 11) is 0. The van der Waals surface area contributed by atoms with Crippen LogP contribution in [0.4, 0.5) is 19.0 Å². The average molecular weight is 518 g/mol. The van der Waals surface area contributed by atoms with Gasteiger partial charge in [-0.1, -0.05) is 12.1 Å². The average Bonchev–Trinajstić information content (AvgIpc) is 3.34. The number of piperidine rings is 1. The summed E-state index contributed by atoms with van der Waals surface area (Å²) in [6.07, 6.45) is -2.88. The second kappa shape index (κ2) is 10.5. The Morgan fingerprint density at radius 3 is 2.43 bits per heavy atom. The molecule has 37 heavy (non-hydrogen) atoms. The molecule has 4 heterocycles. The van der Waals surface area contributed by atoms with Crippen LogP contribution in [0.5, 0.6) is 5.75 Å². The zero-order valence-electron chi connectivity index (χ0n) is 20.7. The van der Waals surface area contributed by atoms with Crippen LogP contribution in [-0.2, 0) is 11.0 Å². The number of anilines is 1. The molecule has 0 unspecified atom stereocenters. The fourth-order valence-corrected chi connectivity index (χ4v) is 4.98. The van der Waals surface area contributed by atoms with Crippen LogP contribution < -0.4 is 9.64 Å². The largest absolute Gasteiger partial charge is 0.492 e. The molecule has 3 aromatic rings. The summed E-state index contributed by atoms with van der Waals surface area (Å²) in [5.41, 5.74) is 1.29. The molecule has 0 radical (unpaired) electrons. The molecular weight excluding hydrogens is 487 g/mol. The lowest BCUT2D eigenvalue weighted by molar-refractivity contribution is -0.146. The molecule has 2 saturated heterocycles. The van der Waals surface area contributed by atoms with Crippen molar-refractivity contribution in [3.63, 3.8) is 0 Å². The number of likely N-dealkylation sites (N-methyl/N-ethyl adjacent to an activating group) is 1. The van der Waals surface area contributed by atoms with Gasteiger partial charge in [-0.05, 0) is 55.5 Å². The van der Waals surface area contributed by atoms with E-state index >= 15 is 0 Å². The van der Waals surface area contributed by atoms with Crippen LogP contribution in [0, 0.1) is 0 Å². The van der Waals surface area contributed by atoms with Crippen LogP contribution in [0.3, 0.4) is 0 Å². The van der Waals surface area contributed by atoms with Crippen LogP contribution in [-0.4, -0.2) is 87.9 Å². The van der Waals surface area contributed by atoms with Gasteiger partial charge in [-0.15, -0.1) is 15.3 Å². The number of hydrogen-bond acceptors (Lipinski definition) is 7. The second-order valence-corrected chi connectivity index (χ2v) is 9.41. The second-order valence-electron chi connectivity index (χ2n) is 9.41. The number of carbonyl (C=O) groups is 1. The Morgan fingerprint density at radius 1 is 1.00 bits per heavy atom. The number of nitrogens with zero attached hydrogens (tertiary/aromatic N) is 7. The molecule has 2 fully saturated rings. The topological polar surface area (TPSA) is 79.1 Å². The fourth-order valence-electron chi connectivity index (χ4n) is 4.98. The zero-order valence-corrected chi connectivity index (χ0v) is 20.7. The lowest BCUT2D eigenvalue weighted by atomic mass is 9.89. The fraction of sp³-hybridized carbons (Fsp3) is 0.520. The van der Waals surface area contributed by atoms with E-state index in [0.29, 0.717) is 44.5 Å². The van der Waals surface area contributed by atoms with E-state index in [2.05, 4.69) is 32.3 Å². The van der Waals surface area contributed by atoms with Gasteiger partial charge < -0.3 is 14.5 Å². The molecule has 0 aliphatic carbocycles. The lowest BCUT2D eigenvalue weighted by Gasteiger charge is -2.33. The lowest BCUT2D eigenvalue weighted by Crippen LogP contribution is -2.50. The maximum absolute atomic E-state index is 13.2. The predicted octanol–water partition coefficient (Wildman–Crippen LogP) is 3.07. The number of ether oxygens (including phenoxy) is 1. The molecule has 2 aliphatic heterocycles. The third kappa shape index (κ3) is 5.63. The maximum Gasteiger partial charge on any atom is 0.453 e. The summed E-state index contributed by atoms with van der Waals surface area (Å²) in [5, 5.41) is 11.0. The van der Waals surface area contributed by atoms with E-state index in [0.717, 1.165) is 42.7 Å². The van der Waals surface area contributed by atoms with Gasteiger partial charge in [0, 0.05) is 39.3 Å². The van der Waals surface area contributed by atoms with Crippen LogP contribution in [0.25, 0.3) is 5.65 Å². The predicted molar refractivity (Wildman–Crippen MR) is 131 cm³/mol. The van der Waals surface area contributed by atoms with E-state index in [-0.39, 0.29) is 11.6 Å². The third-order valence-electron chi connectivity index (χ3n) is 7.13. The van der Waals surface area contributed by atoms with Crippen molar-refractivity contribution in [2.75, 3.05) is 57.3 Å². The molecule has 0 atom stereocenters. The highest BCUT2D eigenvalue weighted by atomic mass is 19.4. The summed E-state index contributed by atoms with van der Waals surface area (Å²) >= 11 is 0. The van der Waals surface area contributed by atoms with Crippen molar-refractivity contribution >= 4 is 17.4 Å². The molecule has 2 aromatic heterocycles. The Bertz CT molecular complexity index is 1220. The van der Waals surface area contributed by atoms with E-state index in [1.165, 1.54) is 11.6 Å². The first-order valence-electron chi connectivity index (χ1n) is 12.6. The van der Waals surface area contributed by atoms with Crippen molar-refractivity contribution < 1.29 is 22.7 Å². The van der Waals surface area contributed by atoms with Gasteiger partial charge >= 0.3 is 6.18 Å². The first kappa shape index (κ1) is 25.2. The summed E-state index contributed by atoms with van der Waals surface area (Å²) in [6, 6.07) is 11.3. The van der Waals surface area contributed by atoms with Gasteiger partial charge in [0.15, 0.2) is 5.65 Å². The minimum atomic E-state index is -4.61. The molecule has 198 valence electrons. The van der Waals surface area contributed by atoms with Gasteiger partial charge in [0.25, 0.3) is 5.82 Å². The number of benzene rings is 1. The van der Waals surface area contributed by atoms with Gasteiger partial charge in [-0.25, -0.2) is 0 Å². The van der Waals surface area contributed by atoms with Gasteiger partial charge in [-0.3, -0.25) is 9.69 Å². The number of hydrogen-bond donors (Lipinski definition) is 0. The Balaban J connectivity index is 1.12. The molecule has 0 saturated carbocycles. The van der Waals surface area contributed by atoms with Crippen LogP contribution in [0.15, 0.2) is 36.4 Å². The third-order valence-corrected chi connectivity index (χ3v) is 7.13. The molecule has 0 spiro atoms. The molecule has 12 heteroatoms. The van der Waals surface area contributed by atoms with E-state index in [1.807, 2.05) is 28.9 Å². The number of amides is 1. The zero-order chi connectivity index (χ0) is 26.0. The number of halogens is 3. The van der Waals surface area contributed by atoms with Crippen molar-refractivity contribution in [3.05, 3.63) is 47.8 Å². The number of piperazine rings is 1. The molecule has 5 rings (SSSR count). The summed E-state index contributed by atoms with van der Waals surface area (Å²) in [5.74, 6) is 0.694. The van der Waals surface area contributed by atoms with Gasteiger partial charge in [0.2, 0.25) is 5.91 Å². The number of rotatable bonds is 7. The SMILES string of the molecule is CCN1CCN(CCOc2ccc(C3CCN(c4ccc5nnc(C(F)(F)F)n5n4)CC3)cc2)CC1=O. The summed E-state index contributed by atoms with van der Waals surface area (Å²) in [4.78, 5) is 18.0. The normalized spacial score (nSPS) is 18.1. The highest BCUT2D eigenvalue weighted by Crippen LogP contribution is 2.32. The van der Waals surface area contributed by atoms with E-state index < -0.39 is 12.0 Å². The van der Waals surface area contributed by atoms with Gasteiger partial charge in [0.1, 0.15) is 18.2 Å². The molecule has 2 aliphatic rings. The van der Waals surface area contributed by atoms with Crippen LogP contribution >= 0.6 is 0 Å². The number of alkyl halides is 3. The van der Waals surface area contributed by atoms with Crippen molar-refractivity contribution in [2.24, 2.45) is 0 Å². The highest BCUT2D eigenvalue weighted by molar-refractivity contribution is 5.78. The Morgan fingerprint density at radius 2 is 1.76 bits per heavy atom.